The molecule has 1 aromatic rings. The third-order valence-electron chi connectivity index (χ3n) is 4.21. The smallest absolute Gasteiger partial charge is 0.191 e. The van der Waals surface area contributed by atoms with Crippen LogP contribution < -0.4 is 10.6 Å². The molecule has 1 aliphatic heterocycles. The number of likely N-dealkylation sites (tertiary alicyclic amines) is 1. The van der Waals surface area contributed by atoms with E-state index < -0.39 is 0 Å². The first-order valence-corrected chi connectivity index (χ1v) is 9.88. The van der Waals surface area contributed by atoms with E-state index in [0.29, 0.717) is 6.04 Å². The second-order valence-electron chi connectivity index (χ2n) is 6.09. The molecular weight excluding hydrogens is 445 g/mol. The van der Waals surface area contributed by atoms with Crippen LogP contribution in [0.25, 0.3) is 0 Å². The Morgan fingerprint density at radius 2 is 2.20 bits per heavy atom. The van der Waals surface area contributed by atoms with Gasteiger partial charge in [0.05, 0.1) is 5.01 Å². The quantitative estimate of drug-likeness (QED) is 0.262. The number of halogens is 1. The SMILES string of the molecule is C=CCN1CCC(NC(=NCCc2ncc(CC)s2)NCC)CC1.I. The number of rotatable bonds is 8. The van der Waals surface area contributed by atoms with Gasteiger partial charge in [0.15, 0.2) is 5.96 Å². The van der Waals surface area contributed by atoms with Crippen molar-refractivity contribution in [2.24, 2.45) is 4.99 Å². The van der Waals surface area contributed by atoms with Crippen molar-refractivity contribution in [3.63, 3.8) is 0 Å². The summed E-state index contributed by atoms with van der Waals surface area (Å²) in [5.74, 6) is 0.937. The average molecular weight is 477 g/mol. The lowest BCUT2D eigenvalue weighted by Crippen LogP contribution is -2.48. The summed E-state index contributed by atoms with van der Waals surface area (Å²) < 4.78 is 0. The maximum Gasteiger partial charge on any atom is 0.191 e. The van der Waals surface area contributed by atoms with Crippen LogP contribution in [0.4, 0.5) is 0 Å². The number of thiazole rings is 1. The van der Waals surface area contributed by atoms with E-state index in [-0.39, 0.29) is 24.0 Å². The van der Waals surface area contributed by atoms with Crippen LogP contribution in [-0.4, -0.2) is 54.6 Å². The van der Waals surface area contributed by atoms with Gasteiger partial charge in [0.1, 0.15) is 0 Å². The first kappa shape index (κ1) is 22.4. The Morgan fingerprint density at radius 3 is 2.80 bits per heavy atom. The molecule has 1 aliphatic rings. The number of aliphatic imine (C=N–C) groups is 1. The summed E-state index contributed by atoms with van der Waals surface area (Å²) in [4.78, 5) is 13.0. The number of hydrogen-bond donors (Lipinski definition) is 2. The van der Waals surface area contributed by atoms with E-state index in [2.05, 4.69) is 40.9 Å². The van der Waals surface area contributed by atoms with Crippen molar-refractivity contribution < 1.29 is 0 Å². The number of guanidine groups is 1. The molecule has 0 aliphatic carbocycles. The van der Waals surface area contributed by atoms with Crippen molar-refractivity contribution in [1.82, 2.24) is 20.5 Å². The molecule has 0 saturated carbocycles. The molecule has 25 heavy (non-hydrogen) atoms. The number of aromatic nitrogens is 1. The van der Waals surface area contributed by atoms with Crippen molar-refractivity contribution in [3.05, 3.63) is 28.7 Å². The number of aryl methyl sites for hydroxylation is 1. The molecule has 0 aromatic carbocycles. The standard InChI is InChI=1S/C18H31N5S.HI/c1-4-11-23-12-8-15(9-13-23)22-18(19-6-3)20-10-7-17-21-14-16(5-2)24-17;/h4,14-15H,1,5-13H2,2-3H3,(H2,19,20,22);1H. The summed E-state index contributed by atoms with van der Waals surface area (Å²) in [6.07, 6.45) is 8.27. The predicted octanol–water partition coefficient (Wildman–Crippen LogP) is 3.07. The first-order valence-electron chi connectivity index (χ1n) is 9.06. The maximum absolute atomic E-state index is 4.72. The number of piperidine rings is 1. The number of hydrogen-bond acceptors (Lipinski definition) is 4. The molecule has 0 bridgehead atoms. The lowest BCUT2D eigenvalue weighted by molar-refractivity contribution is 0.225. The molecule has 5 nitrogen and oxygen atoms in total. The van der Waals surface area contributed by atoms with E-state index in [4.69, 9.17) is 4.99 Å². The third kappa shape index (κ3) is 8.04. The largest absolute Gasteiger partial charge is 0.357 e. The predicted molar refractivity (Wildman–Crippen MR) is 119 cm³/mol. The summed E-state index contributed by atoms with van der Waals surface area (Å²) in [5, 5.41) is 8.14. The van der Waals surface area contributed by atoms with E-state index in [1.165, 1.54) is 9.88 Å². The Bertz CT molecular complexity index is 523. The minimum Gasteiger partial charge on any atom is -0.357 e. The van der Waals surface area contributed by atoms with Crippen molar-refractivity contribution in [2.45, 2.75) is 45.6 Å². The summed E-state index contributed by atoms with van der Waals surface area (Å²) in [6, 6.07) is 0.510. The fourth-order valence-electron chi connectivity index (χ4n) is 2.85. The zero-order chi connectivity index (χ0) is 17.2. The first-order chi connectivity index (χ1) is 11.7. The number of nitrogens with one attached hydrogen (secondary N) is 2. The van der Waals surface area contributed by atoms with Crippen LogP contribution in [0.5, 0.6) is 0 Å². The van der Waals surface area contributed by atoms with Crippen molar-refractivity contribution in [3.8, 4) is 0 Å². The Hall–Kier alpha value is -0.670. The Morgan fingerprint density at radius 1 is 1.44 bits per heavy atom. The van der Waals surface area contributed by atoms with Gasteiger partial charge in [-0.25, -0.2) is 4.98 Å². The molecule has 1 saturated heterocycles. The van der Waals surface area contributed by atoms with Gasteiger partial charge in [0, 0.05) is 56.3 Å². The second kappa shape index (κ2) is 12.6. The van der Waals surface area contributed by atoms with Gasteiger partial charge in [-0.15, -0.1) is 41.9 Å². The zero-order valence-corrected chi connectivity index (χ0v) is 18.6. The van der Waals surface area contributed by atoms with Crippen LogP contribution >= 0.6 is 35.3 Å². The highest BCUT2D eigenvalue weighted by Gasteiger charge is 2.18. The van der Waals surface area contributed by atoms with E-state index in [1.807, 2.05) is 12.3 Å². The van der Waals surface area contributed by atoms with Gasteiger partial charge in [-0.2, -0.15) is 0 Å². The van der Waals surface area contributed by atoms with Crippen LogP contribution in [0.2, 0.25) is 0 Å². The maximum atomic E-state index is 4.72. The molecule has 0 radical (unpaired) electrons. The highest BCUT2D eigenvalue weighted by atomic mass is 127. The van der Waals surface area contributed by atoms with Crippen molar-refractivity contribution in [1.29, 1.82) is 0 Å². The van der Waals surface area contributed by atoms with E-state index in [1.54, 1.807) is 11.3 Å². The molecule has 1 fully saturated rings. The summed E-state index contributed by atoms with van der Waals surface area (Å²) >= 11 is 1.80. The molecule has 142 valence electrons. The van der Waals surface area contributed by atoms with Gasteiger partial charge >= 0.3 is 0 Å². The van der Waals surface area contributed by atoms with Crippen LogP contribution in [0, 0.1) is 0 Å². The summed E-state index contributed by atoms with van der Waals surface area (Å²) in [6.45, 7) is 13.0. The Balaban J connectivity index is 0.00000312. The third-order valence-corrected chi connectivity index (χ3v) is 5.41. The van der Waals surface area contributed by atoms with Gasteiger partial charge in [-0.3, -0.25) is 9.89 Å². The normalized spacial score (nSPS) is 16.3. The average Bonchev–Trinajstić information content (AvgIpc) is 3.05. The zero-order valence-electron chi connectivity index (χ0n) is 15.5. The highest BCUT2D eigenvalue weighted by Crippen LogP contribution is 2.14. The van der Waals surface area contributed by atoms with Crippen LogP contribution in [0.3, 0.4) is 0 Å². The van der Waals surface area contributed by atoms with Crippen LogP contribution in [0.1, 0.15) is 36.6 Å². The molecule has 0 atom stereocenters. The molecule has 0 spiro atoms. The minimum atomic E-state index is 0. The second-order valence-corrected chi connectivity index (χ2v) is 7.29. The summed E-state index contributed by atoms with van der Waals surface area (Å²) in [7, 11) is 0. The Labute approximate surface area is 173 Å². The van der Waals surface area contributed by atoms with Gasteiger partial charge in [-0.05, 0) is 26.2 Å². The van der Waals surface area contributed by atoms with Crippen molar-refractivity contribution in [2.75, 3.05) is 32.7 Å². The molecule has 0 amide bonds. The summed E-state index contributed by atoms with van der Waals surface area (Å²) in [5.41, 5.74) is 0. The van der Waals surface area contributed by atoms with Crippen molar-refractivity contribution >= 4 is 41.3 Å². The Kier molecular flexibility index (Phi) is 11.3. The van der Waals surface area contributed by atoms with Gasteiger partial charge in [0.25, 0.3) is 0 Å². The van der Waals surface area contributed by atoms with Crippen LogP contribution in [0.15, 0.2) is 23.8 Å². The lowest BCUT2D eigenvalue weighted by atomic mass is 10.1. The molecule has 7 heteroatoms. The molecular formula is C18H32IN5S. The highest BCUT2D eigenvalue weighted by molar-refractivity contribution is 14.0. The van der Waals surface area contributed by atoms with Gasteiger partial charge in [-0.1, -0.05) is 13.0 Å². The number of nitrogens with zero attached hydrogens (tertiary/aromatic N) is 3. The van der Waals surface area contributed by atoms with Gasteiger partial charge in [0.2, 0.25) is 0 Å². The monoisotopic (exact) mass is 477 g/mol. The molecule has 2 heterocycles. The minimum absolute atomic E-state index is 0. The topological polar surface area (TPSA) is 52.5 Å². The van der Waals surface area contributed by atoms with Crippen LogP contribution in [-0.2, 0) is 12.8 Å². The lowest BCUT2D eigenvalue weighted by Gasteiger charge is -2.32. The van der Waals surface area contributed by atoms with Gasteiger partial charge < -0.3 is 10.6 Å². The van der Waals surface area contributed by atoms with E-state index >= 15 is 0 Å². The fourth-order valence-corrected chi connectivity index (χ4v) is 3.70. The fraction of sp³-hybridized carbons (Fsp3) is 0.667. The molecule has 0 unspecified atom stereocenters. The van der Waals surface area contributed by atoms with E-state index in [0.717, 1.165) is 64.4 Å². The molecule has 2 rings (SSSR count). The molecule has 2 N–H and O–H groups in total. The van der Waals surface area contributed by atoms with E-state index in [9.17, 15) is 0 Å². The molecule has 1 aromatic heterocycles.